The van der Waals surface area contributed by atoms with E-state index in [-0.39, 0.29) is 0 Å². The van der Waals surface area contributed by atoms with Gasteiger partial charge in [-0.05, 0) is 31.9 Å². The van der Waals surface area contributed by atoms with Gasteiger partial charge in [0.15, 0.2) is 5.82 Å². The van der Waals surface area contributed by atoms with Crippen LogP contribution in [-0.4, -0.2) is 42.1 Å². The highest BCUT2D eigenvalue weighted by atomic mass is 15.3. The van der Waals surface area contributed by atoms with Gasteiger partial charge in [0, 0.05) is 37.9 Å². The molecule has 1 aliphatic carbocycles. The molecule has 1 aromatic rings. The van der Waals surface area contributed by atoms with Gasteiger partial charge in [0.05, 0.1) is 5.69 Å². The largest absolute Gasteiger partial charge is 0.396 e. The van der Waals surface area contributed by atoms with Crippen molar-refractivity contribution in [1.82, 2.24) is 9.88 Å². The van der Waals surface area contributed by atoms with Crippen LogP contribution in [0.4, 0.5) is 11.5 Å². The zero-order valence-corrected chi connectivity index (χ0v) is 10.4. The topological polar surface area (TPSA) is 45.4 Å². The highest BCUT2D eigenvalue weighted by Crippen LogP contribution is 2.29. The van der Waals surface area contributed by atoms with Crippen LogP contribution < -0.4 is 10.6 Å². The summed E-state index contributed by atoms with van der Waals surface area (Å²) in [5.41, 5.74) is 7.85. The molecular weight excluding hydrogens is 212 g/mol. The maximum Gasteiger partial charge on any atom is 0.152 e. The summed E-state index contributed by atoms with van der Waals surface area (Å²) < 4.78 is 0. The lowest BCUT2D eigenvalue weighted by molar-refractivity contribution is 0.247. The number of anilines is 2. The summed E-state index contributed by atoms with van der Waals surface area (Å²) >= 11 is 0. The van der Waals surface area contributed by atoms with Crippen LogP contribution in [0.25, 0.3) is 0 Å². The lowest BCUT2D eigenvalue weighted by Crippen LogP contribution is -2.47. The Bertz CT molecular complexity index is 406. The number of nitrogen functional groups attached to an aromatic ring is 1. The molecule has 17 heavy (non-hydrogen) atoms. The maximum atomic E-state index is 6.01. The third-order valence-electron chi connectivity index (χ3n) is 3.72. The molecule has 4 heteroatoms. The number of aromatic nitrogens is 1. The first-order valence-corrected chi connectivity index (χ1v) is 6.46. The lowest BCUT2D eigenvalue weighted by Gasteiger charge is -2.36. The molecule has 2 N–H and O–H groups in total. The molecule has 4 nitrogen and oxygen atoms in total. The van der Waals surface area contributed by atoms with Crippen molar-refractivity contribution in [3.63, 3.8) is 0 Å². The summed E-state index contributed by atoms with van der Waals surface area (Å²) in [4.78, 5) is 9.48. The fraction of sp³-hybridized carbons (Fsp3) is 0.615. The molecule has 3 rings (SSSR count). The summed E-state index contributed by atoms with van der Waals surface area (Å²) in [7, 11) is 0. The Balaban J connectivity index is 1.70. The van der Waals surface area contributed by atoms with Crippen molar-refractivity contribution in [1.29, 1.82) is 0 Å². The summed E-state index contributed by atoms with van der Waals surface area (Å²) in [6.45, 7) is 6.43. The molecule has 0 amide bonds. The van der Waals surface area contributed by atoms with E-state index in [9.17, 15) is 0 Å². The van der Waals surface area contributed by atoms with E-state index in [1.807, 2.05) is 19.1 Å². The van der Waals surface area contributed by atoms with Crippen molar-refractivity contribution in [2.45, 2.75) is 25.8 Å². The Hall–Kier alpha value is -1.29. The molecule has 1 aromatic heterocycles. The van der Waals surface area contributed by atoms with Crippen LogP contribution in [0.5, 0.6) is 0 Å². The Morgan fingerprint density at radius 3 is 2.53 bits per heavy atom. The van der Waals surface area contributed by atoms with E-state index in [2.05, 4.69) is 14.8 Å². The SMILES string of the molecule is Cc1ccc(N)c(N2CCN(C3CC3)CC2)n1. The minimum absolute atomic E-state index is 0.801. The van der Waals surface area contributed by atoms with E-state index in [1.165, 1.54) is 12.8 Å². The van der Waals surface area contributed by atoms with Crippen LogP contribution in [-0.2, 0) is 0 Å². The zero-order valence-electron chi connectivity index (χ0n) is 10.4. The molecule has 1 saturated carbocycles. The third-order valence-corrected chi connectivity index (χ3v) is 3.72. The van der Waals surface area contributed by atoms with Crippen LogP contribution >= 0.6 is 0 Å². The van der Waals surface area contributed by atoms with Gasteiger partial charge in [0.2, 0.25) is 0 Å². The second kappa shape index (κ2) is 4.18. The van der Waals surface area contributed by atoms with Gasteiger partial charge in [-0.3, -0.25) is 4.90 Å². The number of nitrogens with zero attached hydrogens (tertiary/aromatic N) is 3. The van der Waals surface area contributed by atoms with Crippen molar-refractivity contribution in [3.05, 3.63) is 17.8 Å². The minimum atomic E-state index is 0.801. The van der Waals surface area contributed by atoms with Gasteiger partial charge in [-0.2, -0.15) is 0 Å². The fourth-order valence-corrected chi connectivity index (χ4v) is 2.55. The molecule has 1 saturated heterocycles. The summed E-state index contributed by atoms with van der Waals surface area (Å²) in [5.74, 6) is 0.973. The van der Waals surface area contributed by atoms with E-state index in [1.54, 1.807) is 0 Å². The molecule has 0 atom stereocenters. The van der Waals surface area contributed by atoms with E-state index >= 15 is 0 Å². The molecule has 0 bridgehead atoms. The first-order valence-electron chi connectivity index (χ1n) is 6.46. The number of hydrogen-bond donors (Lipinski definition) is 1. The average Bonchev–Trinajstić information content (AvgIpc) is 3.17. The van der Waals surface area contributed by atoms with Crippen LogP contribution in [0, 0.1) is 6.92 Å². The number of hydrogen-bond acceptors (Lipinski definition) is 4. The lowest BCUT2D eigenvalue weighted by atomic mass is 10.2. The monoisotopic (exact) mass is 232 g/mol. The molecular formula is C13H20N4. The number of pyridine rings is 1. The second-order valence-electron chi connectivity index (χ2n) is 5.12. The smallest absolute Gasteiger partial charge is 0.152 e. The number of nitrogens with two attached hydrogens (primary N) is 1. The minimum Gasteiger partial charge on any atom is -0.396 e. The predicted octanol–water partition coefficient (Wildman–Crippen LogP) is 1.26. The molecule has 2 fully saturated rings. The van der Waals surface area contributed by atoms with Gasteiger partial charge in [0.1, 0.15) is 0 Å². The van der Waals surface area contributed by atoms with Gasteiger partial charge < -0.3 is 10.6 Å². The summed E-state index contributed by atoms with van der Waals surface area (Å²) in [5, 5.41) is 0. The molecule has 1 aliphatic heterocycles. The van der Waals surface area contributed by atoms with Gasteiger partial charge >= 0.3 is 0 Å². The number of aryl methyl sites for hydroxylation is 1. The first kappa shape index (κ1) is 10.8. The Morgan fingerprint density at radius 1 is 1.18 bits per heavy atom. The van der Waals surface area contributed by atoms with Crippen molar-refractivity contribution in [2.75, 3.05) is 36.8 Å². The van der Waals surface area contributed by atoms with Gasteiger partial charge in [0.25, 0.3) is 0 Å². The van der Waals surface area contributed by atoms with Gasteiger partial charge in [-0.1, -0.05) is 0 Å². The third kappa shape index (κ3) is 2.22. The van der Waals surface area contributed by atoms with Crippen molar-refractivity contribution in [2.24, 2.45) is 0 Å². The fourth-order valence-electron chi connectivity index (χ4n) is 2.55. The number of rotatable bonds is 2. The summed E-state index contributed by atoms with van der Waals surface area (Å²) in [6.07, 6.45) is 2.79. The van der Waals surface area contributed by atoms with E-state index in [0.29, 0.717) is 0 Å². The summed E-state index contributed by atoms with van der Waals surface area (Å²) in [6, 6.07) is 4.81. The van der Waals surface area contributed by atoms with Crippen LogP contribution in [0.1, 0.15) is 18.5 Å². The van der Waals surface area contributed by atoms with Gasteiger partial charge in [-0.15, -0.1) is 0 Å². The average molecular weight is 232 g/mol. The van der Waals surface area contributed by atoms with Crippen molar-refractivity contribution >= 4 is 11.5 Å². The Kier molecular flexibility index (Phi) is 2.67. The molecule has 2 aliphatic rings. The quantitative estimate of drug-likeness (QED) is 0.833. The Labute approximate surface area is 102 Å². The van der Waals surface area contributed by atoms with E-state index < -0.39 is 0 Å². The van der Waals surface area contributed by atoms with E-state index in [4.69, 9.17) is 5.73 Å². The molecule has 0 spiro atoms. The molecule has 92 valence electrons. The molecule has 0 unspecified atom stereocenters. The van der Waals surface area contributed by atoms with Crippen molar-refractivity contribution in [3.8, 4) is 0 Å². The van der Waals surface area contributed by atoms with Crippen LogP contribution in [0.15, 0.2) is 12.1 Å². The standard InChI is InChI=1S/C13H20N4/c1-10-2-5-12(14)13(15-10)17-8-6-16(7-9-17)11-3-4-11/h2,5,11H,3-4,6-9,14H2,1H3. The first-order chi connectivity index (χ1) is 8.24. The van der Waals surface area contributed by atoms with E-state index in [0.717, 1.165) is 49.4 Å². The van der Waals surface area contributed by atoms with Gasteiger partial charge in [-0.25, -0.2) is 4.98 Å². The maximum absolute atomic E-state index is 6.01. The highest BCUT2D eigenvalue weighted by Gasteiger charge is 2.31. The van der Waals surface area contributed by atoms with Crippen molar-refractivity contribution < 1.29 is 0 Å². The zero-order chi connectivity index (χ0) is 11.8. The Morgan fingerprint density at radius 2 is 1.88 bits per heavy atom. The molecule has 2 heterocycles. The predicted molar refractivity (Wildman–Crippen MR) is 70.2 cm³/mol. The molecule has 0 radical (unpaired) electrons. The molecule has 0 aromatic carbocycles. The van der Waals surface area contributed by atoms with Crippen LogP contribution in [0.3, 0.4) is 0 Å². The number of piperazine rings is 1. The normalized spacial score (nSPS) is 21.8. The second-order valence-corrected chi connectivity index (χ2v) is 5.12. The van der Waals surface area contributed by atoms with Crippen LogP contribution in [0.2, 0.25) is 0 Å². The highest BCUT2D eigenvalue weighted by molar-refractivity contribution is 5.63.